The van der Waals surface area contributed by atoms with Gasteiger partial charge in [-0.15, -0.1) is 0 Å². The van der Waals surface area contributed by atoms with E-state index in [4.69, 9.17) is 0 Å². The summed E-state index contributed by atoms with van der Waals surface area (Å²) >= 11 is 0. The highest BCUT2D eigenvalue weighted by molar-refractivity contribution is 5.94. The minimum atomic E-state index is -0.0982. The fourth-order valence-corrected chi connectivity index (χ4v) is 2.48. The molecule has 6 nitrogen and oxygen atoms in total. The number of nitrogens with zero attached hydrogens (tertiary/aromatic N) is 2. The molecule has 1 aromatic rings. The predicted octanol–water partition coefficient (Wildman–Crippen LogP) is 1.79. The monoisotopic (exact) mass is 304 g/mol. The fraction of sp³-hybridized carbons (Fsp3) is 0.562. The molecule has 0 unspecified atom stereocenters. The maximum Gasteiger partial charge on any atom is 0.317 e. The molecule has 6 heteroatoms. The minimum Gasteiger partial charge on any atom is -0.349 e. The summed E-state index contributed by atoms with van der Waals surface area (Å²) in [6, 6.07) is 3.62. The molecule has 1 aliphatic rings. The number of nitrogens with one attached hydrogen (secondary N) is 2. The Balaban J connectivity index is 1.73. The zero-order valence-corrected chi connectivity index (χ0v) is 13.0. The van der Waals surface area contributed by atoms with Gasteiger partial charge in [0.15, 0.2) is 0 Å². The lowest BCUT2D eigenvalue weighted by molar-refractivity contribution is 0.0917. The van der Waals surface area contributed by atoms with E-state index >= 15 is 0 Å². The van der Waals surface area contributed by atoms with Gasteiger partial charge in [0, 0.05) is 38.1 Å². The number of hydrogen-bond donors (Lipinski definition) is 2. The van der Waals surface area contributed by atoms with Crippen molar-refractivity contribution in [3.63, 3.8) is 0 Å². The minimum absolute atomic E-state index is 0.00508. The maximum atomic E-state index is 12.1. The highest BCUT2D eigenvalue weighted by Gasteiger charge is 2.23. The summed E-state index contributed by atoms with van der Waals surface area (Å²) in [4.78, 5) is 29.8. The third-order valence-electron chi connectivity index (χ3n) is 3.85. The Hall–Kier alpha value is -2.11. The van der Waals surface area contributed by atoms with Crippen molar-refractivity contribution >= 4 is 11.9 Å². The normalized spacial score (nSPS) is 15.4. The third kappa shape index (κ3) is 4.72. The molecule has 0 radical (unpaired) electrons. The van der Waals surface area contributed by atoms with Crippen molar-refractivity contribution in [1.29, 1.82) is 0 Å². The predicted molar refractivity (Wildman–Crippen MR) is 84.6 cm³/mol. The van der Waals surface area contributed by atoms with Gasteiger partial charge in [-0.3, -0.25) is 9.78 Å². The summed E-state index contributed by atoms with van der Waals surface area (Å²) in [6.07, 6.45) is 6.85. The van der Waals surface area contributed by atoms with Gasteiger partial charge in [-0.1, -0.05) is 13.3 Å². The maximum absolute atomic E-state index is 12.1. The van der Waals surface area contributed by atoms with Crippen LogP contribution in [0.15, 0.2) is 24.5 Å². The number of hydrogen-bond acceptors (Lipinski definition) is 3. The van der Waals surface area contributed by atoms with Crippen LogP contribution in [0.1, 0.15) is 43.0 Å². The summed E-state index contributed by atoms with van der Waals surface area (Å²) in [6.45, 7) is 4.18. The van der Waals surface area contributed by atoms with Gasteiger partial charge in [-0.2, -0.15) is 0 Å². The summed E-state index contributed by atoms with van der Waals surface area (Å²) in [5.74, 6) is -0.0982. The average Bonchev–Trinajstić information content (AvgIpc) is 2.56. The number of aromatic nitrogens is 1. The first-order chi connectivity index (χ1) is 10.7. The molecule has 0 saturated carbocycles. The van der Waals surface area contributed by atoms with Gasteiger partial charge >= 0.3 is 6.03 Å². The van der Waals surface area contributed by atoms with Crippen molar-refractivity contribution in [3.05, 3.63) is 30.1 Å². The second-order valence-electron chi connectivity index (χ2n) is 5.56. The second-order valence-corrected chi connectivity index (χ2v) is 5.56. The van der Waals surface area contributed by atoms with Crippen LogP contribution in [0.3, 0.4) is 0 Å². The Kier molecular flexibility index (Phi) is 6.18. The number of carbonyl (C=O) groups excluding carboxylic acids is 2. The molecule has 1 fully saturated rings. The van der Waals surface area contributed by atoms with Crippen LogP contribution in [-0.2, 0) is 0 Å². The first kappa shape index (κ1) is 16.3. The number of unbranched alkanes of at least 4 members (excludes halogenated alkanes) is 1. The molecule has 2 heterocycles. The lowest BCUT2D eigenvalue weighted by Crippen LogP contribution is -2.49. The van der Waals surface area contributed by atoms with Gasteiger partial charge in [-0.05, 0) is 31.4 Å². The zero-order chi connectivity index (χ0) is 15.8. The number of carbonyl (C=O) groups is 2. The Morgan fingerprint density at radius 1 is 1.36 bits per heavy atom. The van der Waals surface area contributed by atoms with Crippen LogP contribution in [0.5, 0.6) is 0 Å². The van der Waals surface area contributed by atoms with Crippen LogP contribution in [0.2, 0.25) is 0 Å². The summed E-state index contributed by atoms with van der Waals surface area (Å²) < 4.78 is 0. The summed E-state index contributed by atoms with van der Waals surface area (Å²) in [7, 11) is 0. The van der Waals surface area contributed by atoms with Crippen molar-refractivity contribution in [2.75, 3.05) is 19.6 Å². The van der Waals surface area contributed by atoms with E-state index < -0.39 is 0 Å². The van der Waals surface area contributed by atoms with E-state index in [1.54, 1.807) is 24.5 Å². The topological polar surface area (TPSA) is 74.3 Å². The highest BCUT2D eigenvalue weighted by atomic mass is 16.2. The van der Waals surface area contributed by atoms with Gasteiger partial charge in [0.25, 0.3) is 5.91 Å². The van der Waals surface area contributed by atoms with E-state index in [0.717, 1.165) is 32.2 Å². The van der Waals surface area contributed by atoms with E-state index in [1.807, 2.05) is 4.90 Å². The third-order valence-corrected chi connectivity index (χ3v) is 3.85. The first-order valence-electron chi connectivity index (χ1n) is 7.94. The number of piperidine rings is 1. The van der Waals surface area contributed by atoms with Crippen LogP contribution >= 0.6 is 0 Å². The molecular formula is C16H24N4O2. The average molecular weight is 304 g/mol. The highest BCUT2D eigenvalue weighted by Crippen LogP contribution is 2.11. The molecule has 2 N–H and O–H groups in total. The number of amides is 3. The largest absolute Gasteiger partial charge is 0.349 e. The number of rotatable bonds is 5. The van der Waals surface area contributed by atoms with Gasteiger partial charge < -0.3 is 15.5 Å². The number of pyridine rings is 1. The Bertz CT molecular complexity index is 484. The quantitative estimate of drug-likeness (QED) is 0.814. The first-order valence-corrected chi connectivity index (χ1v) is 7.94. The molecule has 0 atom stereocenters. The van der Waals surface area contributed by atoms with E-state index in [9.17, 15) is 9.59 Å². The van der Waals surface area contributed by atoms with Gasteiger partial charge in [0.2, 0.25) is 0 Å². The molecule has 3 amide bonds. The number of likely N-dealkylation sites (tertiary alicyclic amines) is 1. The molecule has 2 rings (SSSR count). The molecule has 0 aliphatic carbocycles. The molecule has 1 aliphatic heterocycles. The molecule has 0 bridgehead atoms. The van der Waals surface area contributed by atoms with E-state index in [-0.39, 0.29) is 18.0 Å². The van der Waals surface area contributed by atoms with Gasteiger partial charge in [0.1, 0.15) is 0 Å². The smallest absolute Gasteiger partial charge is 0.317 e. The molecule has 0 aromatic carbocycles. The van der Waals surface area contributed by atoms with Gasteiger partial charge in [0.05, 0.1) is 5.56 Å². The van der Waals surface area contributed by atoms with Crippen LogP contribution in [0.4, 0.5) is 4.79 Å². The molecule has 1 saturated heterocycles. The Labute approximate surface area is 131 Å². The van der Waals surface area contributed by atoms with Crippen LogP contribution < -0.4 is 10.6 Å². The summed E-state index contributed by atoms with van der Waals surface area (Å²) in [5.41, 5.74) is 0.572. The molecule has 120 valence electrons. The van der Waals surface area contributed by atoms with Gasteiger partial charge in [-0.25, -0.2) is 4.79 Å². The molecular weight excluding hydrogens is 280 g/mol. The van der Waals surface area contributed by atoms with Crippen molar-refractivity contribution in [2.24, 2.45) is 0 Å². The van der Waals surface area contributed by atoms with Crippen LogP contribution in [0.25, 0.3) is 0 Å². The zero-order valence-electron chi connectivity index (χ0n) is 13.0. The van der Waals surface area contributed by atoms with Crippen molar-refractivity contribution in [1.82, 2.24) is 20.5 Å². The Morgan fingerprint density at radius 3 is 2.77 bits per heavy atom. The SMILES string of the molecule is CCCCNC(=O)N1CCC(NC(=O)c2cccnc2)CC1. The van der Waals surface area contributed by atoms with Crippen molar-refractivity contribution in [2.45, 2.75) is 38.6 Å². The van der Waals surface area contributed by atoms with Crippen molar-refractivity contribution in [3.8, 4) is 0 Å². The lowest BCUT2D eigenvalue weighted by atomic mass is 10.0. The molecule has 22 heavy (non-hydrogen) atoms. The van der Waals surface area contributed by atoms with Crippen molar-refractivity contribution < 1.29 is 9.59 Å². The Morgan fingerprint density at radius 2 is 2.14 bits per heavy atom. The standard InChI is InChI=1S/C16H24N4O2/c1-2-3-9-18-16(22)20-10-6-14(7-11-20)19-15(21)13-5-4-8-17-12-13/h4-5,8,12,14H,2-3,6-7,9-11H2,1H3,(H,18,22)(H,19,21). The van der Waals surface area contributed by atoms with Crippen LogP contribution in [-0.4, -0.2) is 47.5 Å². The summed E-state index contributed by atoms with van der Waals surface area (Å²) in [5, 5.41) is 5.94. The number of urea groups is 1. The van der Waals surface area contributed by atoms with E-state index in [2.05, 4.69) is 22.5 Å². The van der Waals surface area contributed by atoms with Crippen LogP contribution in [0, 0.1) is 0 Å². The fourth-order valence-electron chi connectivity index (χ4n) is 2.48. The molecule has 0 spiro atoms. The second kappa shape index (κ2) is 8.36. The molecule has 1 aromatic heterocycles. The van der Waals surface area contributed by atoms with E-state index in [1.165, 1.54) is 0 Å². The lowest BCUT2D eigenvalue weighted by Gasteiger charge is -2.32. The van der Waals surface area contributed by atoms with E-state index in [0.29, 0.717) is 18.7 Å².